The zero-order valence-electron chi connectivity index (χ0n) is 17.8. The van der Waals surface area contributed by atoms with Crippen molar-refractivity contribution in [2.45, 2.75) is 0 Å². The van der Waals surface area contributed by atoms with Crippen LogP contribution in [0.4, 0.5) is 28.7 Å². The first kappa shape index (κ1) is 20.8. The second kappa shape index (κ2) is 9.21. The molecular formula is C25H18N6O3. The summed E-state index contributed by atoms with van der Waals surface area (Å²) in [7, 11) is 0. The van der Waals surface area contributed by atoms with Gasteiger partial charge in [0.15, 0.2) is 0 Å². The fraction of sp³-hybridized carbons (Fsp3) is 0. The zero-order valence-corrected chi connectivity index (χ0v) is 17.8. The highest BCUT2D eigenvalue weighted by atomic mass is 16.6. The van der Waals surface area contributed by atoms with E-state index >= 15 is 0 Å². The molecule has 9 heteroatoms. The lowest BCUT2D eigenvalue weighted by atomic mass is 10.2. The average Bonchev–Trinajstić information content (AvgIpc) is 2.86. The summed E-state index contributed by atoms with van der Waals surface area (Å²) in [6, 6.07) is 25.7. The van der Waals surface area contributed by atoms with Crippen LogP contribution in [0.15, 0.2) is 97.5 Å². The van der Waals surface area contributed by atoms with E-state index in [4.69, 9.17) is 4.74 Å². The molecule has 9 nitrogen and oxygen atoms in total. The maximum atomic E-state index is 12.0. The van der Waals surface area contributed by atoms with Crippen molar-refractivity contribution in [3.8, 4) is 11.5 Å². The highest BCUT2D eigenvalue weighted by molar-refractivity contribution is 5.93. The van der Waals surface area contributed by atoms with Crippen LogP contribution >= 0.6 is 0 Å². The third kappa shape index (κ3) is 4.44. The Balaban J connectivity index is 1.41. The summed E-state index contributed by atoms with van der Waals surface area (Å²) in [5.41, 5.74) is 1.76. The van der Waals surface area contributed by atoms with Gasteiger partial charge in [0.05, 0.1) is 10.4 Å². The van der Waals surface area contributed by atoms with Gasteiger partial charge in [-0.15, -0.1) is 0 Å². The number of anilines is 4. The standard InChI is InChI=1S/C25H18N6O3/c32-31(33)23-24(29-17-11-13-19(14-12-17)34-18-6-2-1-3-7-18)27-16-28-25(23)30-22-10-4-9-21-20(22)8-5-15-26-21/h1-16H,(H2,27,28,29,30). The molecule has 0 aliphatic rings. The molecule has 5 aromatic rings. The van der Waals surface area contributed by atoms with Gasteiger partial charge < -0.3 is 15.4 Å². The van der Waals surface area contributed by atoms with Crippen LogP contribution in [0.1, 0.15) is 0 Å². The molecule has 166 valence electrons. The molecule has 0 saturated heterocycles. The summed E-state index contributed by atoms with van der Waals surface area (Å²) in [6.45, 7) is 0. The predicted molar refractivity (Wildman–Crippen MR) is 130 cm³/mol. The molecule has 0 saturated carbocycles. The SMILES string of the molecule is O=[N+]([O-])c1c(Nc2ccc(Oc3ccccc3)cc2)ncnc1Nc1cccc2ncccc12. The number of aromatic nitrogens is 3. The average molecular weight is 450 g/mol. The number of benzene rings is 3. The molecule has 0 amide bonds. The molecule has 2 heterocycles. The van der Waals surface area contributed by atoms with Crippen molar-refractivity contribution in [3.63, 3.8) is 0 Å². The number of ether oxygens (including phenoxy) is 1. The van der Waals surface area contributed by atoms with Gasteiger partial charge in [0.25, 0.3) is 0 Å². The minimum Gasteiger partial charge on any atom is -0.457 e. The third-order valence-corrected chi connectivity index (χ3v) is 5.00. The van der Waals surface area contributed by atoms with E-state index in [0.29, 0.717) is 22.9 Å². The fourth-order valence-electron chi connectivity index (χ4n) is 3.44. The number of fused-ring (bicyclic) bond motifs is 1. The Labute approximate surface area is 194 Å². The Morgan fingerprint density at radius 3 is 2.24 bits per heavy atom. The van der Waals surface area contributed by atoms with Crippen molar-refractivity contribution in [3.05, 3.63) is 108 Å². The molecule has 0 spiro atoms. The molecule has 0 bridgehead atoms. The van der Waals surface area contributed by atoms with Gasteiger partial charge in [-0.2, -0.15) is 0 Å². The number of nitrogens with zero attached hydrogens (tertiary/aromatic N) is 4. The summed E-state index contributed by atoms with van der Waals surface area (Å²) >= 11 is 0. The first-order valence-corrected chi connectivity index (χ1v) is 10.4. The van der Waals surface area contributed by atoms with Crippen molar-refractivity contribution >= 4 is 39.6 Å². The fourth-order valence-corrected chi connectivity index (χ4v) is 3.44. The van der Waals surface area contributed by atoms with Crippen LogP contribution in [0.25, 0.3) is 10.9 Å². The van der Waals surface area contributed by atoms with E-state index < -0.39 is 4.92 Å². The lowest BCUT2D eigenvalue weighted by molar-refractivity contribution is -0.383. The van der Waals surface area contributed by atoms with Gasteiger partial charge in [-0.3, -0.25) is 15.1 Å². The van der Waals surface area contributed by atoms with E-state index in [0.717, 1.165) is 10.9 Å². The number of nitrogens with one attached hydrogen (secondary N) is 2. The van der Waals surface area contributed by atoms with Gasteiger partial charge in [0.1, 0.15) is 17.8 Å². The number of nitro groups is 1. The van der Waals surface area contributed by atoms with Crippen molar-refractivity contribution < 1.29 is 9.66 Å². The molecule has 5 rings (SSSR count). The summed E-state index contributed by atoms with van der Waals surface area (Å²) in [5.74, 6) is 1.50. The topological polar surface area (TPSA) is 115 Å². The Morgan fingerprint density at radius 2 is 1.47 bits per heavy atom. The van der Waals surface area contributed by atoms with Crippen LogP contribution in [0.5, 0.6) is 11.5 Å². The molecule has 0 unspecified atom stereocenters. The third-order valence-electron chi connectivity index (χ3n) is 5.00. The zero-order chi connectivity index (χ0) is 23.3. The first-order valence-electron chi connectivity index (χ1n) is 10.4. The number of rotatable bonds is 7. The molecular weight excluding hydrogens is 432 g/mol. The lowest BCUT2D eigenvalue weighted by Crippen LogP contribution is -2.05. The lowest BCUT2D eigenvalue weighted by Gasteiger charge is -2.12. The summed E-state index contributed by atoms with van der Waals surface area (Å²) in [6.07, 6.45) is 2.96. The monoisotopic (exact) mass is 450 g/mol. The van der Waals surface area contributed by atoms with Gasteiger partial charge >= 0.3 is 5.69 Å². The van der Waals surface area contributed by atoms with Crippen molar-refractivity contribution in [2.75, 3.05) is 10.6 Å². The largest absolute Gasteiger partial charge is 0.457 e. The van der Waals surface area contributed by atoms with Gasteiger partial charge in [-0.1, -0.05) is 24.3 Å². The van der Waals surface area contributed by atoms with E-state index in [1.807, 2.05) is 54.6 Å². The van der Waals surface area contributed by atoms with Crippen LogP contribution in [-0.4, -0.2) is 19.9 Å². The molecule has 0 aliphatic carbocycles. The van der Waals surface area contributed by atoms with Crippen molar-refractivity contribution in [2.24, 2.45) is 0 Å². The summed E-state index contributed by atoms with van der Waals surface area (Å²) < 4.78 is 5.79. The van der Waals surface area contributed by atoms with Crippen molar-refractivity contribution in [1.29, 1.82) is 0 Å². The second-order valence-corrected chi connectivity index (χ2v) is 7.24. The Hall–Kier alpha value is -5.05. The van der Waals surface area contributed by atoms with E-state index in [1.54, 1.807) is 36.5 Å². The highest BCUT2D eigenvalue weighted by Gasteiger charge is 2.24. The molecule has 0 fully saturated rings. The second-order valence-electron chi connectivity index (χ2n) is 7.24. The number of pyridine rings is 1. The number of para-hydroxylation sites is 1. The Bertz CT molecular complexity index is 1450. The molecule has 0 radical (unpaired) electrons. The molecule has 0 aliphatic heterocycles. The van der Waals surface area contributed by atoms with E-state index in [2.05, 4.69) is 25.6 Å². The van der Waals surface area contributed by atoms with Gasteiger partial charge in [-0.25, -0.2) is 9.97 Å². The molecule has 2 N–H and O–H groups in total. The van der Waals surface area contributed by atoms with E-state index in [-0.39, 0.29) is 17.3 Å². The van der Waals surface area contributed by atoms with Gasteiger partial charge in [-0.05, 0) is 60.7 Å². The quantitative estimate of drug-likeness (QED) is 0.222. The number of hydrogen-bond acceptors (Lipinski definition) is 8. The molecule has 0 atom stereocenters. The van der Waals surface area contributed by atoms with Gasteiger partial charge in [0, 0.05) is 23.0 Å². The molecule has 2 aromatic heterocycles. The molecule has 34 heavy (non-hydrogen) atoms. The maximum absolute atomic E-state index is 12.0. The van der Waals surface area contributed by atoms with Gasteiger partial charge in [0.2, 0.25) is 11.6 Å². The Morgan fingerprint density at radius 1 is 0.735 bits per heavy atom. The van der Waals surface area contributed by atoms with Crippen LogP contribution in [0, 0.1) is 10.1 Å². The highest BCUT2D eigenvalue weighted by Crippen LogP contribution is 2.35. The smallest absolute Gasteiger partial charge is 0.353 e. The van der Waals surface area contributed by atoms with Crippen LogP contribution in [-0.2, 0) is 0 Å². The minimum absolute atomic E-state index is 0.0672. The first-order chi connectivity index (χ1) is 16.7. The normalized spacial score (nSPS) is 10.6. The summed E-state index contributed by atoms with van der Waals surface area (Å²) in [4.78, 5) is 24.0. The maximum Gasteiger partial charge on any atom is 0.353 e. The van der Waals surface area contributed by atoms with E-state index in [9.17, 15) is 10.1 Å². The van der Waals surface area contributed by atoms with Crippen LogP contribution in [0.2, 0.25) is 0 Å². The minimum atomic E-state index is -0.513. The predicted octanol–water partition coefficient (Wildman–Crippen LogP) is 6.21. The molecule has 3 aromatic carbocycles. The van der Waals surface area contributed by atoms with E-state index in [1.165, 1.54) is 6.33 Å². The Kier molecular flexibility index (Phi) is 5.64. The summed E-state index contributed by atoms with van der Waals surface area (Å²) in [5, 5.41) is 18.9. The number of hydrogen-bond donors (Lipinski definition) is 2. The van der Waals surface area contributed by atoms with Crippen LogP contribution < -0.4 is 15.4 Å². The van der Waals surface area contributed by atoms with Crippen molar-refractivity contribution in [1.82, 2.24) is 15.0 Å². The van der Waals surface area contributed by atoms with Crippen LogP contribution in [0.3, 0.4) is 0 Å².